The summed E-state index contributed by atoms with van der Waals surface area (Å²) in [7, 11) is 1.69. The highest BCUT2D eigenvalue weighted by atomic mass is 16.5. The van der Waals surface area contributed by atoms with Crippen molar-refractivity contribution >= 4 is 6.08 Å². The Morgan fingerprint density at radius 1 is 1.25 bits per heavy atom. The van der Waals surface area contributed by atoms with E-state index in [0.717, 1.165) is 5.75 Å². The molecule has 1 atom stereocenters. The van der Waals surface area contributed by atoms with Crippen LogP contribution in [0, 0.1) is 5.92 Å². The van der Waals surface area contributed by atoms with Crippen LogP contribution in [0.4, 0.5) is 0 Å². The summed E-state index contributed by atoms with van der Waals surface area (Å²) in [5, 5.41) is 0. The third-order valence-electron chi connectivity index (χ3n) is 2.77. The van der Waals surface area contributed by atoms with Gasteiger partial charge < -0.3 is 4.74 Å². The molecule has 2 rings (SSSR count). The summed E-state index contributed by atoms with van der Waals surface area (Å²) in [6, 6.07) is 8.21. The maximum Gasteiger partial charge on any atom is 0.118 e. The summed E-state index contributed by atoms with van der Waals surface area (Å²) in [5.41, 5.74) is 4.20. The van der Waals surface area contributed by atoms with Crippen molar-refractivity contribution in [3.8, 4) is 5.75 Å². The first-order valence-corrected chi connectivity index (χ1v) is 5.68. The Balaban J connectivity index is 2.05. The predicted octanol–water partition coefficient (Wildman–Crippen LogP) is 4.06. The average Bonchev–Trinajstić information content (AvgIpc) is 2.96. The molecule has 1 aromatic rings. The van der Waals surface area contributed by atoms with Crippen molar-refractivity contribution in [1.29, 1.82) is 0 Å². The van der Waals surface area contributed by atoms with Crippen molar-refractivity contribution in [1.82, 2.24) is 0 Å². The van der Waals surface area contributed by atoms with Crippen LogP contribution in [0.5, 0.6) is 5.75 Å². The maximum absolute atomic E-state index is 5.13. The van der Waals surface area contributed by atoms with E-state index in [1.165, 1.54) is 23.1 Å². The minimum absolute atomic E-state index is 0.687. The summed E-state index contributed by atoms with van der Waals surface area (Å²) in [6.07, 6.45) is 5.84. The van der Waals surface area contributed by atoms with Gasteiger partial charge >= 0.3 is 0 Å². The third kappa shape index (κ3) is 2.75. The molecule has 1 aliphatic carbocycles. The van der Waals surface area contributed by atoms with Crippen molar-refractivity contribution in [2.75, 3.05) is 7.11 Å². The van der Waals surface area contributed by atoms with E-state index >= 15 is 0 Å². The Morgan fingerprint density at radius 3 is 2.50 bits per heavy atom. The second-order valence-corrected chi connectivity index (χ2v) is 4.55. The van der Waals surface area contributed by atoms with Gasteiger partial charge in [0, 0.05) is 5.92 Å². The van der Waals surface area contributed by atoms with Gasteiger partial charge in [-0.1, -0.05) is 35.4 Å². The monoisotopic (exact) mass is 214 g/mol. The molecule has 0 heterocycles. The van der Waals surface area contributed by atoms with Gasteiger partial charge in [0.1, 0.15) is 5.75 Å². The first-order chi connectivity index (χ1) is 7.69. The minimum Gasteiger partial charge on any atom is -0.497 e. The lowest BCUT2D eigenvalue weighted by atomic mass is 10.2. The number of hydrogen-bond donors (Lipinski definition) is 0. The van der Waals surface area contributed by atoms with Crippen molar-refractivity contribution in [3.63, 3.8) is 0 Å². The van der Waals surface area contributed by atoms with Crippen LogP contribution < -0.4 is 4.74 Å². The number of hydrogen-bond acceptors (Lipinski definition) is 1. The van der Waals surface area contributed by atoms with E-state index in [0.29, 0.717) is 5.92 Å². The quantitative estimate of drug-likeness (QED) is 0.689. The van der Waals surface area contributed by atoms with Gasteiger partial charge in [0.2, 0.25) is 0 Å². The third-order valence-corrected chi connectivity index (χ3v) is 2.77. The predicted molar refractivity (Wildman–Crippen MR) is 68.5 cm³/mol. The Hall–Kier alpha value is -1.50. The van der Waals surface area contributed by atoms with Crippen LogP contribution in [-0.4, -0.2) is 7.11 Å². The summed E-state index contributed by atoms with van der Waals surface area (Å²) in [6.45, 7) is 4.31. The highest BCUT2D eigenvalue weighted by molar-refractivity contribution is 5.59. The first-order valence-electron chi connectivity index (χ1n) is 5.68. The normalized spacial score (nSPS) is 20.7. The van der Waals surface area contributed by atoms with E-state index in [9.17, 15) is 0 Å². The molecule has 1 nitrogen and oxygen atoms in total. The Kier molecular flexibility index (Phi) is 3.14. The molecule has 1 fully saturated rings. The fraction of sp³-hybridized carbons (Fsp3) is 0.333. The van der Waals surface area contributed by atoms with Crippen LogP contribution >= 0.6 is 0 Å². The number of rotatable bonds is 3. The fourth-order valence-electron chi connectivity index (χ4n) is 1.84. The fourth-order valence-corrected chi connectivity index (χ4v) is 1.84. The van der Waals surface area contributed by atoms with Crippen LogP contribution in [-0.2, 0) is 0 Å². The number of methoxy groups -OCH3 is 1. The molecule has 1 aromatic carbocycles. The van der Waals surface area contributed by atoms with Crippen molar-refractivity contribution < 1.29 is 4.74 Å². The van der Waals surface area contributed by atoms with Crippen molar-refractivity contribution in [2.24, 2.45) is 5.92 Å². The standard InChI is InChI=1S/C15H18O/c1-11(2)8-13-10-14(13)9-12-4-6-15(16-3)7-5-12/h4-9,13H,10H2,1-3H3. The van der Waals surface area contributed by atoms with Crippen molar-refractivity contribution in [2.45, 2.75) is 20.3 Å². The smallest absolute Gasteiger partial charge is 0.118 e. The Morgan fingerprint density at radius 2 is 1.94 bits per heavy atom. The Labute approximate surface area is 97.4 Å². The summed E-state index contributed by atoms with van der Waals surface area (Å²) in [5.74, 6) is 1.60. The lowest BCUT2D eigenvalue weighted by Gasteiger charge is -1.98. The molecule has 0 radical (unpaired) electrons. The van der Waals surface area contributed by atoms with Gasteiger partial charge in [0.05, 0.1) is 7.11 Å². The van der Waals surface area contributed by atoms with E-state index < -0.39 is 0 Å². The zero-order valence-corrected chi connectivity index (χ0v) is 10.2. The summed E-state index contributed by atoms with van der Waals surface area (Å²) >= 11 is 0. The van der Waals surface area contributed by atoms with E-state index in [4.69, 9.17) is 4.74 Å². The molecule has 0 aromatic heterocycles. The summed E-state index contributed by atoms with van der Waals surface area (Å²) < 4.78 is 5.13. The zero-order valence-electron chi connectivity index (χ0n) is 10.2. The van der Waals surface area contributed by atoms with Gasteiger partial charge in [0.25, 0.3) is 0 Å². The molecule has 0 N–H and O–H groups in total. The minimum atomic E-state index is 0.687. The van der Waals surface area contributed by atoms with Gasteiger partial charge in [-0.25, -0.2) is 0 Å². The van der Waals surface area contributed by atoms with E-state index in [1.54, 1.807) is 7.11 Å². The van der Waals surface area contributed by atoms with Gasteiger partial charge in [-0.05, 0) is 38.0 Å². The van der Waals surface area contributed by atoms with Gasteiger partial charge in [-0.15, -0.1) is 0 Å². The van der Waals surface area contributed by atoms with Crippen LogP contribution in [0.25, 0.3) is 6.08 Å². The van der Waals surface area contributed by atoms with E-state index in [2.05, 4.69) is 38.1 Å². The molecule has 0 saturated heterocycles. The molecule has 0 spiro atoms. The Bertz CT molecular complexity index is 419. The second-order valence-electron chi connectivity index (χ2n) is 4.55. The van der Waals surface area contributed by atoms with Crippen LogP contribution in [0.3, 0.4) is 0 Å². The molecular formula is C15H18O. The largest absolute Gasteiger partial charge is 0.497 e. The van der Waals surface area contributed by atoms with Crippen LogP contribution in [0.15, 0.2) is 41.5 Å². The lowest BCUT2D eigenvalue weighted by molar-refractivity contribution is 0.415. The number of allylic oxidation sites excluding steroid dienone is 3. The van der Waals surface area contributed by atoms with Gasteiger partial charge in [0.15, 0.2) is 0 Å². The molecule has 0 bridgehead atoms. The molecule has 16 heavy (non-hydrogen) atoms. The maximum atomic E-state index is 5.13. The van der Waals surface area contributed by atoms with Gasteiger partial charge in [-0.3, -0.25) is 0 Å². The lowest BCUT2D eigenvalue weighted by Crippen LogP contribution is -1.81. The molecule has 1 saturated carbocycles. The number of benzene rings is 1. The molecule has 1 aliphatic rings. The molecular weight excluding hydrogens is 196 g/mol. The second kappa shape index (κ2) is 4.56. The molecule has 0 amide bonds. The topological polar surface area (TPSA) is 9.23 Å². The first kappa shape index (κ1) is 11.0. The highest BCUT2D eigenvalue weighted by Gasteiger charge is 2.26. The number of ether oxygens (including phenoxy) is 1. The zero-order chi connectivity index (χ0) is 11.5. The van der Waals surface area contributed by atoms with Crippen LogP contribution in [0.2, 0.25) is 0 Å². The molecule has 1 unspecified atom stereocenters. The highest BCUT2D eigenvalue weighted by Crippen LogP contribution is 2.41. The molecule has 84 valence electrons. The summed E-state index contributed by atoms with van der Waals surface area (Å²) in [4.78, 5) is 0. The van der Waals surface area contributed by atoms with Gasteiger partial charge in [-0.2, -0.15) is 0 Å². The van der Waals surface area contributed by atoms with E-state index in [-0.39, 0.29) is 0 Å². The van der Waals surface area contributed by atoms with E-state index in [1.807, 2.05) is 12.1 Å². The average molecular weight is 214 g/mol. The van der Waals surface area contributed by atoms with Crippen molar-refractivity contribution in [3.05, 3.63) is 47.1 Å². The molecule has 0 aliphatic heterocycles. The van der Waals surface area contributed by atoms with Crippen LogP contribution in [0.1, 0.15) is 25.8 Å². The SMILES string of the molecule is COc1ccc(C=C2CC2C=C(C)C)cc1. The molecule has 1 heteroatoms.